The number of rotatable bonds is 4. The third-order valence-corrected chi connectivity index (χ3v) is 3.13. The van der Waals surface area contributed by atoms with Crippen molar-refractivity contribution < 1.29 is 9.84 Å². The molecular weight excluding hydrogens is 216 g/mol. The van der Waals surface area contributed by atoms with E-state index in [9.17, 15) is 5.11 Å². The SMILES string of the molecule is COCC(O)CN1CCN(C)c2ccccc21. The highest BCUT2D eigenvalue weighted by Crippen LogP contribution is 2.31. The van der Waals surface area contributed by atoms with E-state index in [0.717, 1.165) is 13.1 Å². The zero-order valence-corrected chi connectivity index (χ0v) is 10.5. The van der Waals surface area contributed by atoms with Crippen LogP contribution in [0.3, 0.4) is 0 Å². The topological polar surface area (TPSA) is 35.9 Å². The number of methoxy groups -OCH3 is 1. The smallest absolute Gasteiger partial charge is 0.0947 e. The van der Waals surface area contributed by atoms with Crippen LogP contribution in [0.2, 0.25) is 0 Å². The third kappa shape index (κ3) is 2.70. The monoisotopic (exact) mass is 236 g/mol. The molecule has 4 nitrogen and oxygen atoms in total. The number of para-hydroxylation sites is 2. The molecule has 1 aromatic rings. The molecule has 0 amide bonds. The van der Waals surface area contributed by atoms with Crippen LogP contribution in [-0.4, -0.2) is 51.6 Å². The van der Waals surface area contributed by atoms with Crippen LogP contribution >= 0.6 is 0 Å². The molecule has 1 N–H and O–H groups in total. The van der Waals surface area contributed by atoms with Crippen molar-refractivity contribution in [1.82, 2.24) is 0 Å². The Morgan fingerprint density at radius 3 is 2.71 bits per heavy atom. The molecule has 94 valence electrons. The van der Waals surface area contributed by atoms with Gasteiger partial charge in [-0.2, -0.15) is 0 Å². The van der Waals surface area contributed by atoms with E-state index in [1.165, 1.54) is 11.4 Å². The number of β-amino-alcohol motifs (C(OH)–C–C–N with tert-alkyl or cyclic N) is 1. The fourth-order valence-electron chi connectivity index (χ4n) is 2.26. The minimum absolute atomic E-state index is 0.383. The molecule has 0 aromatic heterocycles. The fraction of sp³-hybridized carbons (Fsp3) is 0.538. The lowest BCUT2D eigenvalue weighted by molar-refractivity contribution is 0.0688. The minimum Gasteiger partial charge on any atom is -0.389 e. The minimum atomic E-state index is -0.434. The zero-order chi connectivity index (χ0) is 12.3. The van der Waals surface area contributed by atoms with Gasteiger partial charge in [0, 0.05) is 33.8 Å². The van der Waals surface area contributed by atoms with Gasteiger partial charge in [-0.05, 0) is 12.1 Å². The summed E-state index contributed by atoms with van der Waals surface area (Å²) in [5.41, 5.74) is 2.42. The molecule has 0 aliphatic carbocycles. The highest BCUT2D eigenvalue weighted by molar-refractivity contribution is 5.73. The molecule has 0 radical (unpaired) electrons. The number of hydrogen-bond donors (Lipinski definition) is 1. The lowest BCUT2D eigenvalue weighted by Crippen LogP contribution is -2.43. The first-order valence-electron chi connectivity index (χ1n) is 5.94. The Hall–Kier alpha value is -1.26. The fourth-order valence-corrected chi connectivity index (χ4v) is 2.26. The maximum atomic E-state index is 9.81. The van der Waals surface area contributed by atoms with Crippen molar-refractivity contribution in [3.8, 4) is 0 Å². The van der Waals surface area contributed by atoms with E-state index in [1.54, 1.807) is 7.11 Å². The van der Waals surface area contributed by atoms with Gasteiger partial charge in [-0.25, -0.2) is 0 Å². The number of likely N-dealkylation sites (N-methyl/N-ethyl adjacent to an activating group) is 1. The largest absolute Gasteiger partial charge is 0.389 e. The van der Waals surface area contributed by atoms with Gasteiger partial charge in [0.25, 0.3) is 0 Å². The van der Waals surface area contributed by atoms with Crippen LogP contribution in [0.5, 0.6) is 0 Å². The average molecular weight is 236 g/mol. The van der Waals surface area contributed by atoms with Crippen LogP contribution in [0, 0.1) is 0 Å². The van der Waals surface area contributed by atoms with Crippen molar-refractivity contribution in [2.75, 3.05) is 50.2 Å². The number of nitrogens with zero attached hydrogens (tertiary/aromatic N) is 2. The quantitative estimate of drug-likeness (QED) is 0.844. The van der Waals surface area contributed by atoms with Gasteiger partial charge >= 0.3 is 0 Å². The zero-order valence-electron chi connectivity index (χ0n) is 10.5. The van der Waals surface area contributed by atoms with Gasteiger partial charge in [0.1, 0.15) is 0 Å². The van der Waals surface area contributed by atoms with Crippen LogP contribution < -0.4 is 9.80 Å². The van der Waals surface area contributed by atoms with Crippen molar-refractivity contribution in [3.63, 3.8) is 0 Å². The number of aliphatic hydroxyl groups is 1. The van der Waals surface area contributed by atoms with Crippen LogP contribution in [0.15, 0.2) is 24.3 Å². The number of benzene rings is 1. The van der Waals surface area contributed by atoms with Crippen LogP contribution in [0.1, 0.15) is 0 Å². The molecule has 0 saturated carbocycles. The van der Waals surface area contributed by atoms with E-state index >= 15 is 0 Å². The molecule has 1 heterocycles. The van der Waals surface area contributed by atoms with Crippen molar-refractivity contribution in [3.05, 3.63) is 24.3 Å². The molecule has 0 spiro atoms. The lowest BCUT2D eigenvalue weighted by Gasteiger charge is -2.37. The average Bonchev–Trinajstić information content (AvgIpc) is 2.34. The Balaban J connectivity index is 2.13. The Labute approximate surface area is 102 Å². The lowest BCUT2D eigenvalue weighted by atomic mass is 10.1. The van der Waals surface area contributed by atoms with E-state index in [4.69, 9.17) is 4.74 Å². The summed E-state index contributed by atoms with van der Waals surface area (Å²) in [7, 11) is 3.71. The van der Waals surface area contributed by atoms with Gasteiger partial charge < -0.3 is 19.6 Å². The summed E-state index contributed by atoms with van der Waals surface area (Å²) in [6, 6.07) is 8.30. The Morgan fingerprint density at radius 1 is 1.29 bits per heavy atom. The van der Waals surface area contributed by atoms with E-state index in [0.29, 0.717) is 13.2 Å². The molecular formula is C13H20N2O2. The second-order valence-corrected chi connectivity index (χ2v) is 4.47. The molecule has 1 aliphatic rings. The van der Waals surface area contributed by atoms with Gasteiger partial charge in [0.2, 0.25) is 0 Å². The number of anilines is 2. The van der Waals surface area contributed by atoms with Crippen LogP contribution in [0.25, 0.3) is 0 Å². The molecule has 1 unspecified atom stereocenters. The maximum absolute atomic E-state index is 9.81. The summed E-state index contributed by atoms with van der Waals surface area (Å²) in [4.78, 5) is 4.47. The number of fused-ring (bicyclic) bond motifs is 1. The number of hydrogen-bond acceptors (Lipinski definition) is 4. The van der Waals surface area contributed by atoms with Crippen molar-refractivity contribution >= 4 is 11.4 Å². The molecule has 2 rings (SSSR count). The molecule has 1 aromatic carbocycles. The number of ether oxygens (including phenoxy) is 1. The molecule has 0 bridgehead atoms. The molecule has 0 saturated heterocycles. The number of aliphatic hydroxyl groups excluding tert-OH is 1. The summed E-state index contributed by atoms with van der Waals surface area (Å²) < 4.78 is 4.97. The van der Waals surface area contributed by atoms with Crippen LogP contribution in [-0.2, 0) is 4.74 Å². The standard InChI is InChI=1S/C13H20N2O2/c1-14-7-8-15(9-11(16)10-17-2)13-6-4-3-5-12(13)14/h3-6,11,16H,7-10H2,1-2H3. The van der Waals surface area contributed by atoms with Gasteiger partial charge in [-0.15, -0.1) is 0 Å². The molecule has 17 heavy (non-hydrogen) atoms. The summed E-state index contributed by atoms with van der Waals surface area (Å²) in [5.74, 6) is 0. The molecule has 1 aliphatic heterocycles. The van der Waals surface area contributed by atoms with Crippen molar-refractivity contribution in [2.24, 2.45) is 0 Å². The predicted octanol–water partition coefficient (Wildman–Crippen LogP) is 0.950. The predicted molar refractivity (Wildman–Crippen MR) is 69.8 cm³/mol. The highest BCUT2D eigenvalue weighted by atomic mass is 16.5. The maximum Gasteiger partial charge on any atom is 0.0947 e. The van der Waals surface area contributed by atoms with Crippen molar-refractivity contribution in [1.29, 1.82) is 0 Å². The van der Waals surface area contributed by atoms with E-state index in [2.05, 4.69) is 29.0 Å². The first-order valence-corrected chi connectivity index (χ1v) is 5.94. The summed E-state index contributed by atoms with van der Waals surface area (Å²) in [6.07, 6.45) is -0.434. The van der Waals surface area contributed by atoms with E-state index in [1.807, 2.05) is 12.1 Å². The van der Waals surface area contributed by atoms with E-state index in [-0.39, 0.29) is 0 Å². The first kappa shape index (κ1) is 12.2. The summed E-state index contributed by atoms with van der Waals surface area (Å²) >= 11 is 0. The van der Waals surface area contributed by atoms with Gasteiger partial charge in [0.15, 0.2) is 0 Å². The van der Waals surface area contributed by atoms with Crippen molar-refractivity contribution in [2.45, 2.75) is 6.10 Å². The van der Waals surface area contributed by atoms with Gasteiger partial charge in [-0.3, -0.25) is 0 Å². The molecule has 1 atom stereocenters. The van der Waals surface area contributed by atoms with Gasteiger partial charge in [-0.1, -0.05) is 12.1 Å². The Morgan fingerprint density at radius 2 is 2.00 bits per heavy atom. The normalized spacial score (nSPS) is 16.9. The van der Waals surface area contributed by atoms with Gasteiger partial charge in [0.05, 0.1) is 24.1 Å². The Bertz CT molecular complexity index is 370. The highest BCUT2D eigenvalue weighted by Gasteiger charge is 2.21. The first-order chi connectivity index (χ1) is 8.22. The molecule has 4 heteroatoms. The van der Waals surface area contributed by atoms with E-state index < -0.39 is 6.10 Å². The second-order valence-electron chi connectivity index (χ2n) is 4.47. The Kier molecular flexibility index (Phi) is 3.86. The second kappa shape index (κ2) is 5.38. The molecule has 0 fully saturated rings. The summed E-state index contributed by atoms with van der Waals surface area (Å²) in [6.45, 7) is 2.93. The third-order valence-electron chi connectivity index (χ3n) is 3.13. The van der Waals surface area contributed by atoms with Crippen LogP contribution in [0.4, 0.5) is 11.4 Å². The summed E-state index contributed by atoms with van der Waals surface area (Å²) in [5, 5.41) is 9.81.